The summed E-state index contributed by atoms with van der Waals surface area (Å²) in [4.78, 5) is 17.4. The lowest BCUT2D eigenvalue weighted by atomic mass is 10.0. The Hall–Kier alpha value is -3.06. The summed E-state index contributed by atoms with van der Waals surface area (Å²) < 4.78 is 25.6. The van der Waals surface area contributed by atoms with Crippen molar-refractivity contribution >= 4 is 22.6 Å². The van der Waals surface area contributed by atoms with Gasteiger partial charge in [0.2, 0.25) is 0 Å². The highest BCUT2D eigenvalue weighted by Crippen LogP contribution is 2.40. The first-order valence-corrected chi connectivity index (χ1v) is 13.7. The second kappa shape index (κ2) is 14.2. The molecule has 1 heterocycles. The van der Waals surface area contributed by atoms with Gasteiger partial charge in [-0.25, -0.2) is 4.39 Å². The van der Waals surface area contributed by atoms with Crippen molar-refractivity contribution in [1.82, 2.24) is 10.2 Å². The molecule has 1 amide bonds. The van der Waals surface area contributed by atoms with Crippen LogP contribution in [0, 0.1) is 5.82 Å². The van der Waals surface area contributed by atoms with E-state index < -0.39 is 0 Å². The van der Waals surface area contributed by atoms with Gasteiger partial charge in [-0.3, -0.25) is 9.69 Å². The van der Waals surface area contributed by atoms with Crippen LogP contribution < -0.4 is 15.0 Å². The largest absolute Gasteiger partial charge is 0.489 e. The maximum absolute atomic E-state index is 13.4. The molecule has 0 aliphatic carbocycles. The second-order valence-corrected chi connectivity index (χ2v) is 10.1. The maximum atomic E-state index is 13.4. The highest BCUT2D eigenvalue weighted by Gasteiger charge is 2.24. The fourth-order valence-corrected chi connectivity index (χ4v) is 4.75. The lowest BCUT2D eigenvalue weighted by molar-refractivity contribution is 0.0964. The number of anilines is 1. The van der Waals surface area contributed by atoms with E-state index in [9.17, 15) is 9.18 Å². The molecule has 3 aromatic rings. The summed E-state index contributed by atoms with van der Waals surface area (Å²) in [5, 5.41) is 3.34. The molecule has 0 fully saturated rings. The minimum Gasteiger partial charge on any atom is -0.489 e. The van der Waals surface area contributed by atoms with Crippen LogP contribution in [-0.4, -0.2) is 55.7 Å². The predicted octanol–water partition coefficient (Wildman–Crippen LogP) is 7.36. The van der Waals surface area contributed by atoms with E-state index in [1.165, 1.54) is 12.1 Å². The Labute approximate surface area is 228 Å². The monoisotopic (exact) mass is 527 g/mol. The van der Waals surface area contributed by atoms with E-state index >= 15 is 0 Å². The number of carbonyl (C=O) groups is 1. The molecule has 0 saturated heterocycles. The summed E-state index contributed by atoms with van der Waals surface area (Å²) in [5.41, 5.74) is 2.55. The fourth-order valence-electron chi connectivity index (χ4n) is 4.75. The quantitative estimate of drug-likeness (QED) is 0.299. The van der Waals surface area contributed by atoms with Gasteiger partial charge in [0.05, 0.1) is 17.4 Å². The van der Waals surface area contributed by atoms with Crippen LogP contribution in [0.1, 0.15) is 72.7 Å². The van der Waals surface area contributed by atoms with Gasteiger partial charge in [-0.1, -0.05) is 6.92 Å². The molecule has 210 valence electrons. The Morgan fingerprint density at radius 1 is 0.947 bits per heavy atom. The molecule has 2 aromatic carbocycles. The molecular weight excluding hydrogens is 481 g/mol. The molecule has 3 rings (SSSR count). The van der Waals surface area contributed by atoms with Gasteiger partial charge in [-0.2, -0.15) is 0 Å². The molecule has 0 unspecified atom stereocenters. The fraction of sp³-hybridized carbons (Fsp3) is 0.516. The number of carbonyl (C=O) groups excluding carboxylic acids is 1. The third-order valence-corrected chi connectivity index (χ3v) is 6.49. The van der Waals surface area contributed by atoms with Crippen molar-refractivity contribution in [2.75, 3.05) is 31.6 Å². The highest BCUT2D eigenvalue weighted by molar-refractivity contribution is 6.12. The van der Waals surface area contributed by atoms with Crippen LogP contribution in [0.4, 0.5) is 10.1 Å². The molecule has 0 spiro atoms. The standard InChI is InChI=1S/C23H27FN2O3.C8H19N/c1-6-26(7-2)18-13-19-17(12-20(18)28-14(3)4)21(23(27)25-5)22(29-19)15-8-10-16(24)11-9-15;1-6-9(7(2)3)8(4)5/h8-14H,6-7H2,1-5H3,(H,25,27);7-8H,6H2,1-5H3. The third kappa shape index (κ3) is 7.50. The zero-order valence-electron chi connectivity index (χ0n) is 24.8. The molecule has 0 bridgehead atoms. The van der Waals surface area contributed by atoms with Gasteiger partial charge in [0.15, 0.2) is 0 Å². The molecule has 0 saturated carbocycles. The Bertz CT molecular complexity index is 1160. The number of benzene rings is 2. The number of halogens is 1. The number of nitrogens with zero attached hydrogens (tertiary/aromatic N) is 2. The van der Waals surface area contributed by atoms with Crippen LogP contribution in [-0.2, 0) is 0 Å². The van der Waals surface area contributed by atoms with Crippen molar-refractivity contribution < 1.29 is 18.3 Å². The maximum Gasteiger partial charge on any atom is 0.255 e. The Morgan fingerprint density at radius 3 is 1.95 bits per heavy atom. The van der Waals surface area contributed by atoms with Crippen LogP contribution in [0.3, 0.4) is 0 Å². The van der Waals surface area contributed by atoms with Gasteiger partial charge in [0.25, 0.3) is 5.91 Å². The Kier molecular flexibility index (Phi) is 11.6. The first-order valence-electron chi connectivity index (χ1n) is 13.7. The number of ether oxygens (including phenoxy) is 1. The second-order valence-electron chi connectivity index (χ2n) is 10.1. The minimum absolute atomic E-state index is 0.0197. The normalized spacial score (nSPS) is 11.3. The van der Waals surface area contributed by atoms with Crippen molar-refractivity contribution in [3.05, 3.63) is 47.8 Å². The SMILES string of the molecule is CCN(C(C)C)C(C)C.CCN(CC)c1cc2oc(-c3ccc(F)cc3)c(C(=O)NC)c2cc1OC(C)C. The van der Waals surface area contributed by atoms with E-state index in [4.69, 9.17) is 9.15 Å². The van der Waals surface area contributed by atoms with E-state index in [0.29, 0.717) is 45.7 Å². The van der Waals surface area contributed by atoms with Crippen LogP contribution >= 0.6 is 0 Å². The van der Waals surface area contributed by atoms with Crippen molar-refractivity contribution in [2.24, 2.45) is 0 Å². The highest BCUT2D eigenvalue weighted by atomic mass is 19.1. The van der Waals surface area contributed by atoms with Crippen LogP contribution in [0.5, 0.6) is 5.75 Å². The first-order chi connectivity index (χ1) is 18.0. The van der Waals surface area contributed by atoms with E-state index in [2.05, 4.69) is 63.6 Å². The number of hydrogen-bond acceptors (Lipinski definition) is 5. The molecule has 0 aliphatic heterocycles. The van der Waals surface area contributed by atoms with Crippen molar-refractivity contribution in [3.8, 4) is 17.1 Å². The van der Waals surface area contributed by atoms with Gasteiger partial charge in [0, 0.05) is 49.2 Å². The Balaban J connectivity index is 0.000000484. The van der Waals surface area contributed by atoms with Gasteiger partial charge in [-0.15, -0.1) is 0 Å². The average Bonchev–Trinajstić information content (AvgIpc) is 3.23. The summed E-state index contributed by atoms with van der Waals surface area (Å²) in [6.45, 7) is 22.0. The van der Waals surface area contributed by atoms with Gasteiger partial charge < -0.3 is 19.4 Å². The minimum atomic E-state index is -0.345. The van der Waals surface area contributed by atoms with Gasteiger partial charge in [-0.05, 0) is 92.3 Å². The molecule has 7 heteroatoms. The number of nitrogens with one attached hydrogen (secondary N) is 1. The summed E-state index contributed by atoms with van der Waals surface area (Å²) in [6, 6.07) is 11.1. The van der Waals surface area contributed by atoms with Crippen molar-refractivity contribution in [1.29, 1.82) is 0 Å². The summed E-state index contributed by atoms with van der Waals surface area (Å²) in [5.74, 6) is 0.497. The molecule has 1 aromatic heterocycles. The van der Waals surface area contributed by atoms with Gasteiger partial charge >= 0.3 is 0 Å². The lowest BCUT2D eigenvalue weighted by Gasteiger charge is -2.28. The zero-order valence-corrected chi connectivity index (χ0v) is 24.8. The topological polar surface area (TPSA) is 58.0 Å². The Morgan fingerprint density at radius 2 is 1.53 bits per heavy atom. The smallest absolute Gasteiger partial charge is 0.255 e. The number of hydrogen-bond donors (Lipinski definition) is 1. The first kappa shape index (κ1) is 31.2. The molecule has 0 aliphatic rings. The molecule has 6 nitrogen and oxygen atoms in total. The average molecular weight is 528 g/mol. The van der Waals surface area contributed by atoms with E-state index in [0.717, 1.165) is 25.3 Å². The molecule has 0 radical (unpaired) electrons. The van der Waals surface area contributed by atoms with E-state index in [1.54, 1.807) is 19.2 Å². The molecular formula is C31H46FN3O3. The number of fused-ring (bicyclic) bond motifs is 1. The summed E-state index contributed by atoms with van der Waals surface area (Å²) >= 11 is 0. The van der Waals surface area contributed by atoms with Gasteiger partial charge in [0.1, 0.15) is 22.9 Å². The third-order valence-electron chi connectivity index (χ3n) is 6.49. The van der Waals surface area contributed by atoms with E-state index in [1.807, 2.05) is 26.0 Å². The summed E-state index contributed by atoms with van der Waals surface area (Å²) in [7, 11) is 1.57. The van der Waals surface area contributed by atoms with Crippen LogP contribution in [0.2, 0.25) is 0 Å². The molecule has 38 heavy (non-hydrogen) atoms. The van der Waals surface area contributed by atoms with E-state index in [-0.39, 0.29) is 17.8 Å². The zero-order chi connectivity index (χ0) is 28.6. The summed E-state index contributed by atoms with van der Waals surface area (Å²) in [6.07, 6.45) is -0.0197. The number of furan rings is 1. The van der Waals surface area contributed by atoms with Crippen molar-refractivity contribution in [3.63, 3.8) is 0 Å². The molecule has 0 atom stereocenters. The van der Waals surface area contributed by atoms with Crippen LogP contribution in [0.15, 0.2) is 40.8 Å². The number of rotatable bonds is 10. The molecule has 1 N–H and O–H groups in total. The van der Waals surface area contributed by atoms with Crippen molar-refractivity contribution in [2.45, 2.75) is 80.5 Å². The number of amides is 1. The van der Waals surface area contributed by atoms with Crippen LogP contribution in [0.25, 0.3) is 22.3 Å². The predicted molar refractivity (Wildman–Crippen MR) is 157 cm³/mol. The lowest BCUT2D eigenvalue weighted by Crippen LogP contribution is -2.36.